The number of nitrogens with zero attached hydrogens (tertiary/aromatic N) is 2. The molecule has 0 aliphatic carbocycles. The molecule has 2 atom stereocenters. The number of piperidine rings is 1. The van der Waals surface area contributed by atoms with Crippen molar-refractivity contribution in [3.05, 3.63) is 24.2 Å². The molecule has 2 rings (SSSR count). The van der Waals surface area contributed by atoms with Crippen molar-refractivity contribution in [1.82, 2.24) is 15.5 Å². The highest BCUT2D eigenvalue weighted by atomic mass is 16.3. The number of nitrogens with one attached hydrogen (secondary N) is 2. The van der Waals surface area contributed by atoms with Gasteiger partial charge in [0.1, 0.15) is 5.76 Å². The highest BCUT2D eigenvalue weighted by molar-refractivity contribution is 5.79. The number of rotatable bonds is 7. The zero-order valence-electron chi connectivity index (χ0n) is 14.8. The van der Waals surface area contributed by atoms with Gasteiger partial charge in [-0.2, -0.15) is 0 Å². The van der Waals surface area contributed by atoms with Crippen LogP contribution in [0.4, 0.5) is 0 Å². The van der Waals surface area contributed by atoms with E-state index in [1.54, 1.807) is 6.26 Å². The van der Waals surface area contributed by atoms with Crippen molar-refractivity contribution in [2.24, 2.45) is 10.9 Å². The second-order valence-corrected chi connectivity index (χ2v) is 6.57. The number of hydrogen-bond acceptors (Lipinski definition) is 3. The number of furan rings is 1. The van der Waals surface area contributed by atoms with Crippen LogP contribution in [-0.2, 0) is 6.42 Å². The summed E-state index contributed by atoms with van der Waals surface area (Å²) in [5.41, 5.74) is 0. The molecule has 0 spiro atoms. The van der Waals surface area contributed by atoms with Crippen LogP contribution in [0, 0.1) is 5.92 Å². The summed E-state index contributed by atoms with van der Waals surface area (Å²) in [6, 6.07) is 4.43. The van der Waals surface area contributed by atoms with Gasteiger partial charge >= 0.3 is 0 Å². The zero-order valence-corrected chi connectivity index (χ0v) is 14.8. The van der Waals surface area contributed by atoms with Crippen LogP contribution in [0.2, 0.25) is 0 Å². The highest BCUT2D eigenvalue weighted by Crippen LogP contribution is 2.17. The standard InChI is InChI=1S/C18H32N4O/c1-4-19-18(20-10-9-17-8-6-12-23-17)21-13-16(3)22-11-5-7-15(2)14-22/h6,8,12,15-16H,4-5,7,9-11,13-14H2,1-3H3,(H2,19,20,21). The third kappa shape index (κ3) is 6.26. The van der Waals surface area contributed by atoms with Gasteiger partial charge < -0.3 is 15.1 Å². The SMILES string of the molecule is CCNC(=NCC(C)N1CCCC(C)C1)NCCc1ccco1. The lowest BCUT2D eigenvalue weighted by Gasteiger charge is -2.35. The van der Waals surface area contributed by atoms with Crippen LogP contribution < -0.4 is 10.6 Å². The lowest BCUT2D eigenvalue weighted by atomic mass is 9.99. The van der Waals surface area contributed by atoms with Crippen LogP contribution in [0.3, 0.4) is 0 Å². The smallest absolute Gasteiger partial charge is 0.191 e. The molecule has 1 aliphatic rings. The Hall–Kier alpha value is -1.49. The second kappa shape index (κ2) is 9.60. The Kier molecular flexibility index (Phi) is 7.46. The topological polar surface area (TPSA) is 52.8 Å². The van der Waals surface area contributed by atoms with Gasteiger partial charge in [0.05, 0.1) is 12.8 Å². The van der Waals surface area contributed by atoms with Crippen LogP contribution in [0.1, 0.15) is 39.4 Å². The van der Waals surface area contributed by atoms with E-state index >= 15 is 0 Å². The molecule has 0 radical (unpaired) electrons. The third-order valence-electron chi connectivity index (χ3n) is 4.41. The average molecular weight is 320 g/mol. The van der Waals surface area contributed by atoms with Gasteiger partial charge in [-0.25, -0.2) is 0 Å². The summed E-state index contributed by atoms with van der Waals surface area (Å²) in [6.07, 6.45) is 5.27. The zero-order chi connectivity index (χ0) is 16.5. The van der Waals surface area contributed by atoms with Gasteiger partial charge in [0.15, 0.2) is 5.96 Å². The Morgan fingerprint density at radius 2 is 2.35 bits per heavy atom. The van der Waals surface area contributed by atoms with E-state index in [0.29, 0.717) is 6.04 Å². The molecule has 0 aromatic carbocycles. The first kappa shape index (κ1) is 17.9. The van der Waals surface area contributed by atoms with Gasteiger partial charge in [-0.3, -0.25) is 9.89 Å². The fourth-order valence-electron chi connectivity index (χ4n) is 3.07. The predicted molar refractivity (Wildman–Crippen MR) is 95.8 cm³/mol. The Morgan fingerprint density at radius 1 is 1.48 bits per heavy atom. The van der Waals surface area contributed by atoms with Gasteiger partial charge in [-0.05, 0) is 51.3 Å². The van der Waals surface area contributed by atoms with E-state index in [0.717, 1.165) is 43.7 Å². The van der Waals surface area contributed by atoms with E-state index in [2.05, 4.69) is 36.3 Å². The Morgan fingerprint density at radius 3 is 3.04 bits per heavy atom. The Labute approximate surface area is 140 Å². The van der Waals surface area contributed by atoms with Gasteiger partial charge in [0.2, 0.25) is 0 Å². The van der Waals surface area contributed by atoms with E-state index < -0.39 is 0 Å². The molecule has 5 heteroatoms. The van der Waals surface area contributed by atoms with E-state index in [-0.39, 0.29) is 0 Å². The predicted octanol–water partition coefficient (Wildman–Crippen LogP) is 2.50. The molecule has 1 fully saturated rings. The average Bonchev–Trinajstić information content (AvgIpc) is 3.05. The minimum absolute atomic E-state index is 0.498. The van der Waals surface area contributed by atoms with Crippen molar-refractivity contribution in [2.45, 2.75) is 46.1 Å². The monoisotopic (exact) mass is 320 g/mol. The number of aliphatic imine (C=N–C) groups is 1. The number of hydrogen-bond donors (Lipinski definition) is 2. The summed E-state index contributed by atoms with van der Waals surface area (Å²) in [5.74, 6) is 2.72. The molecular formula is C18H32N4O. The summed E-state index contributed by atoms with van der Waals surface area (Å²) in [4.78, 5) is 7.33. The molecule has 2 unspecified atom stereocenters. The molecule has 5 nitrogen and oxygen atoms in total. The lowest BCUT2D eigenvalue weighted by molar-refractivity contribution is 0.142. The molecule has 1 aromatic heterocycles. The minimum Gasteiger partial charge on any atom is -0.469 e. The van der Waals surface area contributed by atoms with Crippen LogP contribution in [-0.4, -0.2) is 49.6 Å². The Balaban J connectivity index is 1.77. The second-order valence-electron chi connectivity index (χ2n) is 6.57. The fraction of sp³-hybridized carbons (Fsp3) is 0.722. The summed E-state index contributed by atoms with van der Waals surface area (Å²) < 4.78 is 5.36. The molecule has 1 aromatic rings. The van der Waals surface area contributed by atoms with Gasteiger partial charge in [0.25, 0.3) is 0 Å². The van der Waals surface area contributed by atoms with Gasteiger partial charge in [0, 0.05) is 32.1 Å². The normalized spacial score (nSPS) is 21.2. The third-order valence-corrected chi connectivity index (χ3v) is 4.41. The van der Waals surface area contributed by atoms with E-state index in [1.807, 2.05) is 12.1 Å². The number of likely N-dealkylation sites (tertiary alicyclic amines) is 1. The largest absolute Gasteiger partial charge is 0.469 e. The first-order valence-corrected chi connectivity index (χ1v) is 8.97. The molecule has 23 heavy (non-hydrogen) atoms. The minimum atomic E-state index is 0.498. The summed E-state index contributed by atoms with van der Waals surface area (Å²) in [7, 11) is 0. The molecule has 2 N–H and O–H groups in total. The summed E-state index contributed by atoms with van der Waals surface area (Å²) in [5, 5.41) is 6.71. The van der Waals surface area contributed by atoms with Crippen molar-refractivity contribution in [3.8, 4) is 0 Å². The lowest BCUT2D eigenvalue weighted by Crippen LogP contribution is -2.43. The van der Waals surface area contributed by atoms with Crippen molar-refractivity contribution in [2.75, 3.05) is 32.7 Å². The maximum atomic E-state index is 5.36. The van der Waals surface area contributed by atoms with Crippen molar-refractivity contribution < 1.29 is 4.42 Å². The van der Waals surface area contributed by atoms with Crippen molar-refractivity contribution in [3.63, 3.8) is 0 Å². The summed E-state index contributed by atoms with van der Waals surface area (Å²) in [6.45, 7) is 11.7. The van der Waals surface area contributed by atoms with E-state index in [9.17, 15) is 0 Å². The van der Waals surface area contributed by atoms with Gasteiger partial charge in [-0.15, -0.1) is 0 Å². The molecule has 1 aliphatic heterocycles. The molecule has 0 saturated carbocycles. The van der Waals surface area contributed by atoms with Gasteiger partial charge in [-0.1, -0.05) is 6.92 Å². The first-order valence-electron chi connectivity index (χ1n) is 8.97. The number of guanidine groups is 1. The molecule has 2 heterocycles. The maximum Gasteiger partial charge on any atom is 0.191 e. The fourth-order valence-corrected chi connectivity index (χ4v) is 3.07. The summed E-state index contributed by atoms with van der Waals surface area (Å²) >= 11 is 0. The van der Waals surface area contributed by atoms with Crippen LogP contribution in [0.5, 0.6) is 0 Å². The maximum absolute atomic E-state index is 5.36. The highest BCUT2D eigenvalue weighted by Gasteiger charge is 2.20. The van der Waals surface area contributed by atoms with Crippen LogP contribution >= 0.6 is 0 Å². The van der Waals surface area contributed by atoms with E-state index in [1.165, 1.54) is 25.9 Å². The van der Waals surface area contributed by atoms with Crippen molar-refractivity contribution >= 4 is 5.96 Å². The van der Waals surface area contributed by atoms with Crippen LogP contribution in [0.15, 0.2) is 27.8 Å². The first-order chi connectivity index (χ1) is 11.2. The Bertz CT molecular complexity index is 458. The van der Waals surface area contributed by atoms with Crippen molar-refractivity contribution in [1.29, 1.82) is 0 Å². The quantitative estimate of drug-likeness (QED) is 0.599. The van der Waals surface area contributed by atoms with Crippen LogP contribution in [0.25, 0.3) is 0 Å². The molecule has 0 amide bonds. The molecule has 1 saturated heterocycles. The molecule has 130 valence electrons. The van der Waals surface area contributed by atoms with E-state index in [4.69, 9.17) is 9.41 Å². The molecule has 0 bridgehead atoms. The molecular weight excluding hydrogens is 288 g/mol.